The summed E-state index contributed by atoms with van der Waals surface area (Å²) in [6.45, 7) is 17.8. The van der Waals surface area contributed by atoms with E-state index in [1.807, 2.05) is 11.9 Å². The lowest BCUT2D eigenvalue weighted by molar-refractivity contribution is -0.138. The quantitative estimate of drug-likeness (QED) is 0.555. The van der Waals surface area contributed by atoms with E-state index in [1.165, 1.54) is 25.7 Å². The van der Waals surface area contributed by atoms with Gasteiger partial charge in [0.2, 0.25) is 5.91 Å². The first-order chi connectivity index (χ1) is 9.29. The second-order valence-corrected chi connectivity index (χ2v) is 9.24. The van der Waals surface area contributed by atoms with E-state index in [1.54, 1.807) is 0 Å². The van der Waals surface area contributed by atoms with Crippen LogP contribution in [0.5, 0.6) is 0 Å². The number of carbonyl (C=O) groups is 1. The van der Waals surface area contributed by atoms with Crippen molar-refractivity contribution in [2.24, 2.45) is 10.8 Å². The van der Waals surface area contributed by atoms with Crippen LogP contribution in [0.4, 0.5) is 0 Å². The summed E-state index contributed by atoms with van der Waals surface area (Å²) in [5.74, 6) is 0.283. The molecule has 0 bridgehead atoms. The minimum atomic E-state index is -0.115. The van der Waals surface area contributed by atoms with E-state index < -0.39 is 0 Å². The first-order valence-corrected chi connectivity index (χ1v) is 8.56. The average molecular weight is 298 g/mol. The Hall–Kier alpha value is -0.530. The summed E-state index contributed by atoms with van der Waals surface area (Å²) in [5.41, 5.74) is 0.410. The highest BCUT2D eigenvalue weighted by molar-refractivity contribution is 5.76. The average Bonchev–Trinajstić information content (AvgIpc) is 2.29. The molecule has 0 heterocycles. The maximum absolute atomic E-state index is 12.4. The smallest absolute Gasteiger partial charge is 0.222 e. The minimum absolute atomic E-state index is 0.0874. The molecule has 126 valence electrons. The van der Waals surface area contributed by atoms with Crippen LogP contribution in [-0.4, -0.2) is 23.4 Å². The van der Waals surface area contributed by atoms with E-state index in [4.69, 9.17) is 0 Å². The third kappa shape index (κ3) is 7.33. The Morgan fingerprint density at radius 3 is 1.71 bits per heavy atom. The summed E-state index contributed by atoms with van der Waals surface area (Å²) in [5, 5.41) is 0. The maximum atomic E-state index is 12.4. The third-order valence-corrected chi connectivity index (χ3v) is 5.12. The second-order valence-electron chi connectivity index (χ2n) is 9.24. The van der Waals surface area contributed by atoms with Gasteiger partial charge in [-0.15, -0.1) is 0 Å². The van der Waals surface area contributed by atoms with Crippen LogP contribution in [0.2, 0.25) is 0 Å². The van der Waals surface area contributed by atoms with Crippen molar-refractivity contribution in [1.29, 1.82) is 0 Å². The van der Waals surface area contributed by atoms with E-state index >= 15 is 0 Å². The molecule has 0 N–H and O–H groups in total. The zero-order valence-corrected chi connectivity index (χ0v) is 16.1. The van der Waals surface area contributed by atoms with Crippen LogP contribution < -0.4 is 0 Å². The van der Waals surface area contributed by atoms with Crippen LogP contribution in [0.1, 0.15) is 93.9 Å². The van der Waals surface area contributed by atoms with Crippen molar-refractivity contribution in [2.75, 3.05) is 7.05 Å². The van der Waals surface area contributed by atoms with Gasteiger partial charge in [-0.05, 0) is 37.5 Å². The zero-order valence-electron chi connectivity index (χ0n) is 16.1. The van der Waals surface area contributed by atoms with Crippen LogP contribution >= 0.6 is 0 Å². The van der Waals surface area contributed by atoms with E-state index in [2.05, 4.69) is 55.4 Å². The maximum Gasteiger partial charge on any atom is 0.222 e. The molecule has 0 saturated carbocycles. The molecular formula is C19H39NO. The van der Waals surface area contributed by atoms with Crippen molar-refractivity contribution in [1.82, 2.24) is 4.90 Å². The molecule has 21 heavy (non-hydrogen) atoms. The standard InChI is InChI=1S/C19H39NO/c1-17(2,3)15-13-11-10-12-14-16(21)20(9)19(7,8)18(4,5)6/h10-15H2,1-9H3. The molecule has 0 aromatic heterocycles. The molecule has 0 rings (SSSR count). The molecule has 0 aromatic carbocycles. The van der Waals surface area contributed by atoms with E-state index in [0.29, 0.717) is 11.8 Å². The largest absolute Gasteiger partial charge is 0.340 e. The van der Waals surface area contributed by atoms with Crippen molar-refractivity contribution >= 4 is 5.91 Å². The molecule has 0 saturated heterocycles. The van der Waals surface area contributed by atoms with Gasteiger partial charge in [0.15, 0.2) is 0 Å². The Kier molecular flexibility index (Phi) is 7.45. The SMILES string of the molecule is CN(C(=O)CCCCCCC(C)(C)C)C(C)(C)C(C)(C)C. The molecular weight excluding hydrogens is 258 g/mol. The molecule has 0 aliphatic heterocycles. The summed E-state index contributed by atoms with van der Waals surface area (Å²) in [6, 6.07) is 0. The van der Waals surface area contributed by atoms with Gasteiger partial charge in [-0.3, -0.25) is 4.79 Å². The summed E-state index contributed by atoms with van der Waals surface area (Å²) in [6.07, 6.45) is 6.68. The molecule has 0 aliphatic carbocycles. The Balaban J connectivity index is 4.06. The molecule has 2 nitrogen and oxygen atoms in total. The Morgan fingerprint density at radius 2 is 1.29 bits per heavy atom. The molecule has 0 unspecified atom stereocenters. The van der Waals surface area contributed by atoms with Crippen LogP contribution in [0, 0.1) is 10.8 Å². The highest BCUT2D eigenvalue weighted by atomic mass is 16.2. The van der Waals surface area contributed by atoms with Crippen LogP contribution in [-0.2, 0) is 4.79 Å². The van der Waals surface area contributed by atoms with Gasteiger partial charge in [-0.25, -0.2) is 0 Å². The number of unbranched alkanes of at least 4 members (excludes halogenated alkanes) is 3. The summed E-state index contributed by atoms with van der Waals surface area (Å²) in [7, 11) is 1.95. The summed E-state index contributed by atoms with van der Waals surface area (Å²) < 4.78 is 0. The topological polar surface area (TPSA) is 20.3 Å². The predicted molar refractivity (Wildman–Crippen MR) is 93.5 cm³/mol. The van der Waals surface area contributed by atoms with Crippen LogP contribution in [0.3, 0.4) is 0 Å². The first-order valence-electron chi connectivity index (χ1n) is 8.56. The van der Waals surface area contributed by atoms with Gasteiger partial charge < -0.3 is 4.90 Å². The monoisotopic (exact) mass is 297 g/mol. The number of hydrogen-bond acceptors (Lipinski definition) is 1. The minimum Gasteiger partial charge on any atom is -0.340 e. The van der Waals surface area contributed by atoms with Gasteiger partial charge in [0.1, 0.15) is 0 Å². The van der Waals surface area contributed by atoms with Crippen molar-refractivity contribution in [3.05, 3.63) is 0 Å². The predicted octanol–water partition coefficient (Wildman–Crippen LogP) is 5.66. The Bertz CT molecular complexity index is 317. The zero-order chi connectivity index (χ0) is 16.9. The van der Waals surface area contributed by atoms with Gasteiger partial charge in [-0.2, -0.15) is 0 Å². The molecule has 0 spiro atoms. The molecule has 0 atom stereocenters. The number of amides is 1. The Morgan fingerprint density at radius 1 is 0.810 bits per heavy atom. The van der Waals surface area contributed by atoms with Gasteiger partial charge in [0.25, 0.3) is 0 Å². The van der Waals surface area contributed by atoms with Crippen LogP contribution in [0.25, 0.3) is 0 Å². The second kappa shape index (κ2) is 7.65. The normalized spacial score (nSPS) is 13.4. The fourth-order valence-corrected chi connectivity index (χ4v) is 2.27. The van der Waals surface area contributed by atoms with Crippen molar-refractivity contribution in [3.8, 4) is 0 Å². The number of rotatable bonds is 7. The van der Waals surface area contributed by atoms with E-state index in [-0.39, 0.29) is 16.9 Å². The molecule has 0 aromatic rings. The van der Waals surface area contributed by atoms with Crippen molar-refractivity contribution < 1.29 is 4.79 Å². The molecule has 0 fully saturated rings. The fourth-order valence-electron chi connectivity index (χ4n) is 2.27. The number of hydrogen-bond donors (Lipinski definition) is 0. The highest BCUT2D eigenvalue weighted by Gasteiger charge is 2.38. The number of carbonyl (C=O) groups excluding carboxylic acids is 1. The highest BCUT2D eigenvalue weighted by Crippen LogP contribution is 2.34. The van der Waals surface area contributed by atoms with Gasteiger partial charge >= 0.3 is 0 Å². The van der Waals surface area contributed by atoms with Crippen molar-refractivity contribution in [3.63, 3.8) is 0 Å². The lowest BCUT2D eigenvalue weighted by atomic mass is 9.75. The molecule has 0 aliphatic rings. The first kappa shape index (κ1) is 20.5. The lowest BCUT2D eigenvalue weighted by Crippen LogP contribution is -2.53. The third-order valence-electron chi connectivity index (χ3n) is 5.12. The van der Waals surface area contributed by atoms with Gasteiger partial charge in [-0.1, -0.05) is 60.8 Å². The molecule has 1 amide bonds. The lowest BCUT2D eigenvalue weighted by Gasteiger charge is -2.46. The Labute approximate surface area is 133 Å². The summed E-state index contributed by atoms with van der Waals surface area (Å²) >= 11 is 0. The van der Waals surface area contributed by atoms with E-state index in [0.717, 1.165) is 6.42 Å². The fraction of sp³-hybridized carbons (Fsp3) is 0.947. The van der Waals surface area contributed by atoms with Gasteiger partial charge in [0, 0.05) is 19.0 Å². The molecule has 2 heteroatoms. The van der Waals surface area contributed by atoms with Gasteiger partial charge in [0.05, 0.1) is 0 Å². The molecule has 0 radical (unpaired) electrons. The van der Waals surface area contributed by atoms with Crippen molar-refractivity contribution in [2.45, 2.75) is 99.5 Å². The van der Waals surface area contributed by atoms with E-state index in [9.17, 15) is 4.79 Å². The number of nitrogens with zero attached hydrogens (tertiary/aromatic N) is 1. The van der Waals surface area contributed by atoms with Crippen LogP contribution in [0.15, 0.2) is 0 Å². The summed E-state index contributed by atoms with van der Waals surface area (Å²) in [4.78, 5) is 14.3.